The van der Waals surface area contributed by atoms with Gasteiger partial charge in [0.05, 0.1) is 11.6 Å². The highest BCUT2D eigenvalue weighted by molar-refractivity contribution is 5.81. The van der Waals surface area contributed by atoms with E-state index < -0.39 is 17.8 Å². The van der Waals surface area contributed by atoms with Crippen molar-refractivity contribution in [1.29, 1.82) is 0 Å². The van der Waals surface area contributed by atoms with Crippen LogP contribution in [0.1, 0.15) is 37.8 Å². The monoisotopic (exact) mass is 371 g/mol. The van der Waals surface area contributed by atoms with Crippen molar-refractivity contribution < 1.29 is 18.0 Å². The molecule has 0 unspecified atom stereocenters. The molecule has 0 aromatic heterocycles. The molecule has 1 heterocycles. The summed E-state index contributed by atoms with van der Waals surface area (Å²) >= 11 is 0. The van der Waals surface area contributed by atoms with Gasteiger partial charge in [0.15, 0.2) is 0 Å². The molecule has 2 rings (SSSR count). The third-order valence-corrected chi connectivity index (χ3v) is 4.63. The van der Waals surface area contributed by atoms with Crippen molar-refractivity contribution in [3.05, 3.63) is 35.4 Å². The zero-order chi connectivity index (χ0) is 19.3. The predicted molar refractivity (Wildman–Crippen MR) is 95.3 cm³/mol. The topological polar surface area (TPSA) is 49.6 Å². The molecule has 0 spiro atoms. The van der Waals surface area contributed by atoms with Crippen molar-refractivity contribution in [3.63, 3.8) is 0 Å². The van der Waals surface area contributed by atoms with Gasteiger partial charge in [0.25, 0.3) is 0 Å². The predicted octanol–water partition coefficient (Wildman–Crippen LogP) is 3.11. The van der Waals surface area contributed by atoms with Gasteiger partial charge in [0.1, 0.15) is 0 Å². The first kappa shape index (κ1) is 20.7. The van der Waals surface area contributed by atoms with Crippen molar-refractivity contribution in [3.8, 4) is 0 Å². The number of benzene rings is 1. The van der Waals surface area contributed by atoms with E-state index in [9.17, 15) is 18.0 Å². The highest BCUT2D eigenvalue weighted by Crippen LogP contribution is 2.29. The number of carbonyl (C=O) groups excluding carboxylic acids is 1. The first-order valence-corrected chi connectivity index (χ1v) is 9.09. The van der Waals surface area contributed by atoms with Gasteiger partial charge in [-0.15, -0.1) is 0 Å². The fourth-order valence-electron chi connectivity index (χ4n) is 3.25. The number of amides is 1. The van der Waals surface area contributed by atoms with Gasteiger partial charge in [-0.2, -0.15) is 13.2 Å². The van der Waals surface area contributed by atoms with E-state index in [0.717, 1.165) is 30.7 Å². The van der Waals surface area contributed by atoms with Crippen LogP contribution >= 0.6 is 0 Å². The van der Waals surface area contributed by atoms with E-state index in [4.69, 9.17) is 5.73 Å². The third-order valence-electron chi connectivity index (χ3n) is 4.63. The average molecular weight is 371 g/mol. The van der Waals surface area contributed by atoms with Crippen molar-refractivity contribution in [1.82, 2.24) is 9.80 Å². The quantitative estimate of drug-likeness (QED) is 0.865. The van der Waals surface area contributed by atoms with E-state index in [1.54, 1.807) is 0 Å². The minimum Gasteiger partial charge on any atom is -0.340 e. The van der Waals surface area contributed by atoms with E-state index in [1.165, 1.54) is 12.1 Å². The van der Waals surface area contributed by atoms with Crippen LogP contribution in [0.3, 0.4) is 0 Å². The van der Waals surface area contributed by atoms with Gasteiger partial charge in [-0.3, -0.25) is 9.69 Å². The van der Waals surface area contributed by atoms with Crippen LogP contribution in [-0.2, 0) is 17.5 Å². The fraction of sp³-hybridized carbons (Fsp3) is 0.632. The van der Waals surface area contributed by atoms with Crippen LogP contribution in [0.15, 0.2) is 24.3 Å². The number of nitrogens with two attached hydrogens (primary N) is 1. The Morgan fingerprint density at radius 3 is 2.35 bits per heavy atom. The second-order valence-corrected chi connectivity index (χ2v) is 7.39. The second kappa shape index (κ2) is 8.86. The zero-order valence-corrected chi connectivity index (χ0v) is 15.4. The molecule has 1 saturated heterocycles. The van der Waals surface area contributed by atoms with E-state index in [0.29, 0.717) is 38.5 Å². The minimum absolute atomic E-state index is 0.00456. The molecule has 26 heavy (non-hydrogen) atoms. The van der Waals surface area contributed by atoms with E-state index in [2.05, 4.69) is 4.90 Å². The molecule has 4 nitrogen and oxygen atoms in total. The molecular formula is C19H28F3N3O. The summed E-state index contributed by atoms with van der Waals surface area (Å²) in [5.41, 5.74) is 6.22. The fourth-order valence-corrected chi connectivity index (χ4v) is 3.25. The molecule has 1 amide bonds. The van der Waals surface area contributed by atoms with Gasteiger partial charge in [-0.25, -0.2) is 0 Å². The van der Waals surface area contributed by atoms with E-state index in [1.807, 2.05) is 18.7 Å². The molecule has 1 aromatic carbocycles. The Hall–Kier alpha value is -1.60. The SMILES string of the molecule is CC(C)C[C@H](N)C(=O)N1CCCN(Cc2ccc(C(F)(F)F)cc2)CC1. The molecule has 1 atom stereocenters. The van der Waals surface area contributed by atoms with Crippen LogP contribution in [0, 0.1) is 5.92 Å². The highest BCUT2D eigenvalue weighted by Gasteiger charge is 2.30. The van der Waals surface area contributed by atoms with Crippen molar-refractivity contribution in [2.24, 2.45) is 11.7 Å². The molecule has 2 N–H and O–H groups in total. The minimum atomic E-state index is -4.31. The zero-order valence-electron chi connectivity index (χ0n) is 15.4. The van der Waals surface area contributed by atoms with Gasteiger partial charge in [0, 0.05) is 32.7 Å². The average Bonchev–Trinajstić information content (AvgIpc) is 2.79. The molecule has 0 bridgehead atoms. The molecule has 1 aliphatic heterocycles. The summed E-state index contributed by atoms with van der Waals surface area (Å²) in [6.07, 6.45) is -2.80. The highest BCUT2D eigenvalue weighted by atomic mass is 19.4. The number of nitrogens with zero attached hydrogens (tertiary/aromatic N) is 2. The number of hydrogen-bond acceptors (Lipinski definition) is 3. The summed E-state index contributed by atoms with van der Waals surface area (Å²) in [7, 11) is 0. The van der Waals surface area contributed by atoms with Gasteiger partial charge in [-0.1, -0.05) is 26.0 Å². The molecule has 1 aromatic rings. The summed E-state index contributed by atoms with van der Waals surface area (Å²) in [4.78, 5) is 16.4. The Morgan fingerprint density at radius 1 is 1.12 bits per heavy atom. The van der Waals surface area contributed by atoms with Gasteiger partial charge in [0.2, 0.25) is 5.91 Å². The first-order valence-electron chi connectivity index (χ1n) is 9.09. The van der Waals surface area contributed by atoms with Gasteiger partial charge in [-0.05, 0) is 36.5 Å². The van der Waals surface area contributed by atoms with Gasteiger partial charge < -0.3 is 10.6 Å². The summed E-state index contributed by atoms with van der Waals surface area (Å²) in [5, 5.41) is 0. The first-order chi connectivity index (χ1) is 12.2. The number of carbonyl (C=O) groups is 1. The van der Waals surface area contributed by atoms with E-state index >= 15 is 0 Å². The summed E-state index contributed by atoms with van der Waals surface area (Å²) in [6, 6.07) is 4.82. The standard InChI is InChI=1S/C19H28F3N3O/c1-14(2)12-17(23)18(26)25-9-3-8-24(10-11-25)13-15-4-6-16(7-5-15)19(20,21)22/h4-7,14,17H,3,8-13,23H2,1-2H3/t17-/m0/s1. The van der Waals surface area contributed by atoms with Crippen LogP contribution in [0.4, 0.5) is 13.2 Å². The Morgan fingerprint density at radius 2 is 1.77 bits per heavy atom. The second-order valence-electron chi connectivity index (χ2n) is 7.39. The van der Waals surface area contributed by atoms with Crippen LogP contribution in [-0.4, -0.2) is 47.9 Å². The lowest BCUT2D eigenvalue weighted by molar-refractivity contribution is -0.137. The lowest BCUT2D eigenvalue weighted by Gasteiger charge is -2.25. The lowest BCUT2D eigenvalue weighted by Crippen LogP contribution is -2.45. The van der Waals surface area contributed by atoms with Crippen molar-refractivity contribution in [2.75, 3.05) is 26.2 Å². The Balaban J connectivity index is 1.89. The summed E-state index contributed by atoms with van der Waals surface area (Å²) < 4.78 is 37.9. The molecule has 1 aliphatic rings. The maximum absolute atomic E-state index is 12.6. The maximum atomic E-state index is 12.6. The largest absolute Gasteiger partial charge is 0.416 e. The number of rotatable bonds is 5. The van der Waals surface area contributed by atoms with Crippen molar-refractivity contribution in [2.45, 2.75) is 45.5 Å². The smallest absolute Gasteiger partial charge is 0.340 e. The molecule has 146 valence electrons. The Bertz CT molecular complexity index is 587. The summed E-state index contributed by atoms with van der Waals surface area (Å²) in [5.74, 6) is 0.368. The van der Waals surface area contributed by atoms with Gasteiger partial charge >= 0.3 is 6.18 Å². The van der Waals surface area contributed by atoms with Crippen LogP contribution < -0.4 is 5.73 Å². The Kier molecular flexibility index (Phi) is 7.06. The third kappa shape index (κ3) is 5.99. The summed E-state index contributed by atoms with van der Waals surface area (Å²) in [6.45, 7) is 7.45. The molecule has 0 saturated carbocycles. The lowest BCUT2D eigenvalue weighted by atomic mass is 10.0. The number of hydrogen-bond donors (Lipinski definition) is 1. The van der Waals surface area contributed by atoms with E-state index in [-0.39, 0.29) is 5.91 Å². The van der Waals surface area contributed by atoms with Crippen LogP contribution in [0.5, 0.6) is 0 Å². The van der Waals surface area contributed by atoms with Crippen LogP contribution in [0.2, 0.25) is 0 Å². The van der Waals surface area contributed by atoms with Crippen molar-refractivity contribution >= 4 is 5.91 Å². The number of alkyl halides is 3. The number of halogens is 3. The molecule has 0 aliphatic carbocycles. The molecular weight excluding hydrogens is 343 g/mol. The molecule has 1 fully saturated rings. The van der Waals surface area contributed by atoms with Crippen LogP contribution in [0.25, 0.3) is 0 Å². The normalized spacial score (nSPS) is 18.0. The Labute approximate surface area is 153 Å². The maximum Gasteiger partial charge on any atom is 0.416 e. The molecule has 0 radical (unpaired) electrons. The molecule has 7 heteroatoms.